The predicted octanol–water partition coefficient (Wildman–Crippen LogP) is 2.39. The van der Waals surface area contributed by atoms with Gasteiger partial charge < -0.3 is 10.5 Å². The van der Waals surface area contributed by atoms with Crippen molar-refractivity contribution >= 4 is 0 Å². The Hall–Kier alpha value is -1.16. The Labute approximate surface area is 94.8 Å². The maximum atomic E-state index is 12.9. The summed E-state index contributed by atoms with van der Waals surface area (Å²) in [5.74, 6) is 0.132. The van der Waals surface area contributed by atoms with Crippen LogP contribution in [0.1, 0.15) is 37.7 Å². The van der Waals surface area contributed by atoms with Gasteiger partial charge in [0.25, 0.3) is 0 Å². The van der Waals surface area contributed by atoms with Gasteiger partial charge in [0.1, 0.15) is 11.9 Å². The van der Waals surface area contributed by atoms with Gasteiger partial charge >= 0.3 is 0 Å². The zero-order chi connectivity index (χ0) is 11.4. The molecule has 0 aliphatic heterocycles. The van der Waals surface area contributed by atoms with Crippen LogP contribution in [0.15, 0.2) is 12.3 Å². The van der Waals surface area contributed by atoms with Crippen molar-refractivity contribution in [3.05, 3.63) is 23.6 Å². The Morgan fingerprint density at radius 1 is 1.38 bits per heavy atom. The number of nitrogens with zero attached hydrogens (tertiary/aromatic N) is 1. The standard InChI is InChI=1S/C12H17FN2O/c13-10-6-9(7-14)12(15-8-10)16-11-4-2-1-3-5-11/h6,8,11H,1-5,7,14H2. The third-order valence-corrected chi connectivity index (χ3v) is 2.94. The molecule has 1 aliphatic carbocycles. The molecule has 1 aromatic heterocycles. The third-order valence-electron chi connectivity index (χ3n) is 2.94. The summed E-state index contributed by atoms with van der Waals surface area (Å²) in [6.45, 7) is 0.257. The summed E-state index contributed by atoms with van der Waals surface area (Å²) in [7, 11) is 0. The quantitative estimate of drug-likeness (QED) is 0.857. The highest BCUT2D eigenvalue weighted by Gasteiger charge is 2.17. The van der Waals surface area contributed by atoms with E-state index in [9.17, 15) is 4.39 Å². The molecule has 2 rings (SSSR count). The summed E-state index contributed by atoms with van der Waals surface area (Å²) in [6.07, 6.45) is 7.19. The van der Waals surface area contributed by atoms with Gasteiger partial charge in [-0.15, -0.1) is 0 Å². The molecule has 1 aromatic rings. The molecule has 1 aliphatic rings. The largest absolute Gasteiger partial charge is 0.474 e. The summed E-state index contributed by atoms with van der Waals surface area (Å²) < 4.78 is 18.7. The highest BCUT2D eigenvalue weighted by atomic mass is 19.1. The number of pyridine rings is 1. The van der Waals surface area contributed by atoms with Crippen LogP contribution in [0.5, 0.6) is 5.88 Å². The number of ether oxygens (including phenoxy) is 1. The van der Waals surface area contributed by atoms with Crippen molar-refractivity contribution in [2.24, 2.45) is 5.73 Å². The monoisotopic (exact) mass is 224 g/mol. The first-order chi connectivity index (χ1) is 7.79. The van der Waals surface area contributed by atoms with E-state index in [0.29, 0.717) is 11.4 Å². The van der Waals surface area contributed by atoms with E-state index in [4.69, 9.17) is 10.5 Å². The maximum absolute atomic E-state index is 12.9. The smallest absolute Gasteiger partial charge is 0.218 e. The molecule has 0 aromatic carbocycles. The molecule has 0 unspecified atom stereocenters. The molecule has 1 saturated carbocycles. The lowest BCUT2D eigenvalue weighted by Crippen LogP contribution is -2.21. The molecule has 1 heterocycles. The van der Waals surface area contributed by atoms with Gasteiger partial charge in [-0.2, -0.15) is 0 Å². The van der Waals surface area contributed by atoms with Gasteiger partial charge in [-0.1, -0.05) is 6.42 Å². The van der Waals surface area contributed by atoms with E-state index in [1.807, 2.05) is 0 Å². The summed E-state index contributed by atoms with van der Waals surface area (Å²) in [4.78, 5) is 3.97. The van der Waals surface area contributed by atoms with Crippen LogP contribution in [0.25, 0.3) is 0 Å². The molecule has 16 heavy (non-hydrogen) atoms. The number of hydrogen-bond donors (Lipinski definition) is 1. The fourth-order valence-electron chi connectivity index (χ4n) is 2.06. The average molecular weight is 224 g/mol. The number of halogens is 1. The topological polar surface area (TPSA) is 48.1 Å². The Morgan fingerprint density at radius 3 is 2.81 bits per heavy atom. The van der Waals surface area contributed by atoms with E-state index in [2.05, 4.69) is 4.98 Å². The molecule has 2 N–H and O–H groups in total. The number of hydrogen-bond acceptors (Lipinski definition) is 3. The van der Waals surface area contributed by atoms with Crippen molar-refractivity contribution < 1.29 is 9.13 Å². The van der Waals surface area contributed by atoms with E-state index in [1.165, 1.54) is 31.5 Å². The second-order valence-electron chi connectivity index (χ2n) is 4.20. The van der Waals surface area contributed by atoms with E-state index in [1.54, 1.807) is 0 Å². The lowest BCUT2D eigenvalue weighted by molar-refractivity contribution is 0.147. The molecule has 1 fully saturated rings. The van der Waals surface area contributed by atoms with E-state index >= 15 is 0 Å². The molecule has 3 nitrogen and oxygen atoms in total. The van der Waals surface area contributed by atoms with Crippen LogP contribution in [-0.4, -0.2) is 11.1 Å². The highest BCUT2D eigenvalue weighted by Crippen LogP contribution is 2.24. The first kappa shape index (κ1) is 11.3. The van der Waals surface area contributed by atoms with Gasteiger partial charge in [-0.05, 0) is 31.7 Å². The molecule has 88 valence electrons. The van der Waals surface area contributed by atoms with Crippen LogP contribution in [0.4, 0.5) is 4.39 Å². The fourth-order valence-corrected chi connectivity index (χ4v) is 2.06. The second kappa shape index (κ2) is 5.25. The fraction of sp³-hybridized carbons (Fsp3) is 0.583. The van der Waals surface area contributed by atoms with Crippen LogP contribution in [0, 0.1) is 5.82 Å². The predicted molar refractivity (Wildman–Crippen MR) is 59.6 cm³/mol. The average Bonchev–Trinajstić information content (AvgIpc) is 2.33. The van der Waals surface area contributed by atoms with Crippen LogP contribution in [-0.2, 0) is 6.54 Å². The lowest BCUT2D eigenvalue weighted by atomic mass is 9.98. The minimum atomic E-state index is -0.364. The van der Waals surface area contributed by atoms with Crippen molar-refractivity contribution in [2.75, 3.05) is 0 Å². The van der Waals surface area contributed by atoms with Crippen LogP contribution >= 0.6 is 0 Å². The van der Waals surface area contributed by atoms with Gasteiger partial charge in [0.15, 0.2) is 0 Å². The first-order valence-electron chi connectivity index (χ1n) is 5.80. The van der Waals surface area contributed by atoms with Gasteiger partial charge in [0, 0.05) is 12.1 Å². The molecular weight excluding hydrogens is 207 g/mol. The van der Waals surface area contributed by atoms with Crippen molar-refractivity contribution in [3.63, 3.8) is 0 Å². The Balaban J connectivity index is 2.07. The molecule has 4 heteroatoms. The van der Waals surface area contributed by atoms with E-state index in [0.717, 1.165) is 12.8 Å². The molecule has 0 saturated heterocycles. The Kier molecular flexibility index (Phi) is 3.72. The third kappa shape index (κ3) is 2.70. The number of aromatic nitrogens is 1. The van der Waals surface area contributed by atoms with Crippen molar-refractivity contribution in [1.82, 2.24) is 4.98 Å². The van der Waals surface area contributed by atoms with Gasteiger partial charge in [0.05, 0.1) is 6.20 Å². The maximum Gasteiger partial charge on any atom is 0.218 e. The normalized spacial score (nSPS) is 17.4. The van der Waals surface area contributed by atoms with E-state index < -0.39 is 0 Å². The van der Waals surface area contributed by atoms with Crippen LogP contribution in [0.3, 0.4) is 0 Å². The zero-order valence-electron chi connectivity index (χ0n) is 9.29. The van der Waals surface area contributed by atoms with Crippen molar-refractivity contribution in [3.8, 4) is 5.88 Å². The molecule has 0 spiro atoms. The van der Waals surface area contributed by atoms with Crippen LogP contribution in [0.2, 0.25) is 0 Å². The summed E-state index contributed by atoms with van der Waals surface area (Å²) in [5.41, 5.74) is 6.18. The molecule has 0 bridgehead atoms. The van der Waals surface area contributed by atoms with Gasteiger partial charge in [-0.3, -0.25) is 0 Å². The second-order valence-corrected chi connectivity index (χ2v) is 4.20. The number of rotatable bonds is 3. The van der Waals surface area contributed by atoms with E-state index in [-0.39, 0.29) is 18.5 Å². The minimum Gasteiger partial charge on any atom is -0.474 e. The summed E-state index contributed by atoms with van der Waals surface area (Å²) >= 11 is 0. The summed E-state index contributed by atoms with van der Waals surface area (Å²) in [5, 5.41) is 0. The first-order valence-corrected chi connectivity index (χ1v) is 5.80. The van der Waals surface area contributed by atoms with Crippen molar-refractivity contribution in [2.45, 2.75) is 44.8 Å². The molecule has 0 radical (unpaired) electrons. The lowest BCUT2D eigenvalue weighted by Gasteiger charge is -2.23. The van der Waals surface area contributed by atoms with Crippen molar-refractivity contribution in [1.29, 1.82) is 0 Å². The van der Waals surface area contributed by atoms with Crippen LogP contribution < -0.4 is 10.5 Å². The summed E-state index contributed by atoms with van der Waals surface area (Å²) in [6, 6.07) is 1.39. The molecule has 0 atom stereocenters. The SMILES string of the molecule is NCc1cc(F)cnc1OC1CCCCC1. The van der Waals surface area contributed by atoms with Gasteiger partial charge in [-0.25, -0.2) is 9.37 Å². The highest BCUT2D eigenvalue weighted by molar-refractivity contribution is 5.26. The molecular formula is C12H17FN2O. The Morgan fingerprint density at radius 2 is 2.12 bits per heavy atom. The minimum absolute atomic E-state index is 0.219. The van der Waals surface area contributed by atoms with Gasteiger partial charge in [0.2, 0.25) is 5.88 Å². The number of nitrogens with two attached hydrogens (primary N) is 1. The zero-order valence-corrected chi connectivity index (χ0v) is 9.29. The Bertz CT molecular complexity index is 351. The molecule has 0 amide bonds.